The van der Waals surface area contributed by atoms with E-state index in [4.69, 9.17) is 4.74 Å². The predicted molar refractivity (Wildman–Crippen MR) is 154 cm³/mol. The molecule has 0 saturated carbocycles. The summed E-state index contributed by atoms with van der Waals surface area (Å²) in [5.74, 6) is -2.60. The molecule has 1 aromatic heterocycles. The van der Waals surface area contributed by atoms with E-state index in [0.29, 0.717) is 19.4 Å². The molecule has 220 valence electrons. The van der Waals surface area contributed by atoms with E-state index in [1.807, 2.05) is 30.3 Å². The Balaban J connectivity index is 1.91. The largest absolute Gasteiger partial charge is 0.494 e. The zero-order chi connectivity index (χ0) is 30.4. The number of rotatable bonds is 12. The van der Waals surface area contributed by atoms with Crippen LogP contribution in [0.5, 0.6) is 5.75 Å². The summed E-state index contributed by atoms with van der Waals surface area (Å²) in [6.07, 6.45) is 0.901. The Hall–Kier alpha value is -4.44. The van der Waals surface area contributed by atoms with E-state index < -0.39 is 41.3 Å². The first-order valence-electron chi connectivity index (χ1n) is 13.5. The lowest BCUT2D eigenvalue weighted by Gasteiger charge is -2.23. The minimum atomic E-state index is -0.859. The van der Waals surface area contributed by atoms with Gasteiger partial charge in [-0.3, -0.25) is 13.9 Å². The lowest BCUT2D eigenvalue weighted by atomic mass is 10.0. The lowest BCUT2D eigenvalue weighted by molar-refractivity contribution is -0.117. The fraction of sp³-hybridized carbons (Fsp3) is 0.281. The van der Waals surface area contributed by atoms with Crippen LogP contribution in [0.1, 0.15) is 42.6 Å². The Bertz CT molecular complexity index is 1680. The van der Waals surface area contributed by atoms with E-state index >= 15 is 4.39 Å². The minimum absolute atomic E-state index is 0.0380. The van der Waals surface area contributed by atoms with E-state index in [-0.39, 0.29) is 40.5 Å². The summed E-state index contributed by atoms with van der Waals surface area (Å²) < 4.78 is 52.0. The Morgan fingerprint density at radius 3 is 2.24 bits per heavy atom. The molecule has 0 bridgehead atoms. The van der Waals surface area contributed by atoms with Gasteiger partial charge >= 0.3 is 5.69 Å². The number of methoxy groups -OCH3 is 1. The molecule has 0 radical (unpaired) electrons. The number of ether oxygens (including phenoxy) is 1. The highest BCUT2D eigenvalue weighted by Gasteiger charge is 2.25. The summed E-state index contributed by atoms with van der Waals surface area (Å²) in [5.41, 5.74) is -1.37. The molecule has 0 amide bonds. The number of hydrogen-bond acceptors (Lipinski definition) is 5. The van der Waals surface area contributed by atoms with Crippen molar-refractivity contribution >= 4 is 5.78 Å². The van der Waals surface area contributed by atoms with Crippen molar-refractivity contribution in [2.24, 2.45) is 0 Å². The van der Waals surface area contributed by atoms with Crippen molar-refractivity contribution in [2.75, 3.05) is 13.7 Å². The third-order valence-electron chi connectivity index (χ3n) is 7.18. The van der Waals surface area contributed by atoms with Crippen molar-refractivity contribution in [3.63, 3.8) is 0 Å². The van der Waals surface area contributed by atoms with Crippen molar-refractivity contribution in [3.05, 3.63) is 122 Å². The molecule has 4 aromatic rings. The third kappa shape index (κ3) is 6.54. The summed E-state index contributed by atoms with van der Waals surface area (Å²) in [6, 6.07) is 16.2. The maximum atomic E-state index is 15.5. The average Bonchev–Trinajstić information content (AvgIpc) is 2.97. The number of aromatic nitrogens is 2. The van der Waals surface area contributed by atoms with Gasteiger partial charge in [0.05, 0.1) is 31.8 Å². The summed E-state index contributed by atoms with van der Waals surface area (Å²) in [4.78, 5) is 39.4. The van der Waals surface area contributed by atoms with Gasteiger partial charge in [-0.2, -0.15) is 0 Å². The van der Waals surface area contributed by atoms with Crippen LogP contribution in [-0.2, 0) is 17.9 Å². The number of carbonyl (C=O) groups is 1. The molecule has 42 heavy (non-hydrogen) atoms. The standard InChI is InChI=1S/C32H32F3N3O4/c1-20(39)10-9-17-36-27(22-11-5-4-6-12-22)19-38-31(40)29(23-13-7-16-28(42-3)30(23)35)21(2)37(32(38)41)18-24-25(33)14-8-15-26(24)34/h4-8,11-16,27,36H,9-10,17-19H2,1-3H3/t27-/m0/s1. The first-order valence-corrected chi connectivity index (χ1v) is 13.5. The van der Waals surface area contributed by atoms with Gasteiger partial charge in [-0.25, -0.2) is 18.0 Å². The Morgan fingerprint density at radius 1 is 0.929 bits per heavy atom. The molecule has 0 saturated heterocycles. The fourth-order valence-corrected chi connectivity index (χ4v) is 4.93. The molecule has 0 fully saturated rings. The molecule has 0 aliphatic heterocycles. The second-order valence-corrected chi connectivity index (χ2v) is 9.99. The molecule has 0 unspecified atom stereocenters. The quantitative estimate of drug-likeness (QED) is 0.235. The van der Waals surface area contributed by atoms with Crippen LogP contribution in [-0.4, -0.2) is 28.6 Å². The monoisotopic (exact) mass is 579 g/mol. The van der Waals surface area contributed by atoms with Crippen molar-refractivity contribution in [1.29, 1.82) is 0 Å². The number of ketones is 1. The molecule has 1 atom stereocenters. The average molecular weight is 580 g/mol. The van der Waals surface area contributed by atoms with Crippen molar-refractivity contribution in [1.82, 2.24) is 14.5 Å². The normalized spacial score (nSPS) is 11.9. The molecule has 10 heteroatoms. The molecular formula is C32H32F3N3O4. The van der Waals surface area contributed by atoms with Gasteiger partial charge in [0.2, 0.25) is 0 Å². The van der Waals surface area contributed by atoms with Gasteiger partial charge in [0, 0.05) is 23.2 Å². The number of benzene rings is 3. The Labute approximate surface area is 241 Å². The van der Waals surface area contributed by atoms with Crippen LogP contribution in [0.15, 0.2) is 76.3 Å². The first-order chi connectivity index (χ1) is 20.1. The molecule has 0 aliphatic carbocycles. The number of Topliss-reactive ketones (excluding diaryl/α,β-unsaturated/α-hetero) is 1. The highest BCUT2D eigenvalue weighted by atomic mass is 19.1. The van der Waals surface area contributed by atoms with Crippen molar-refractivity contribution in [3.8, 4) is 16.9 Å². The van der Waals surface area contributed by atoms with Crippen LogP contribution in [0, 0.1) is 24.4 Å². The SMILES string of the molecule is COc1cccc(-c2c(C)n(Cc3c(F)cccc3F)c(=O)n(C[C@H](NCCCC(C)=O)c3ccccc3)c2=O)c1F. The highest BCUT2D eigenvalue weighted by Crippen LogP contribution is 2.29. The topological polar surface area (TPSA) is 82.3 Å². The Kier molecular flexibility index (Phi) is 9.80. The molecule has 0 aliphatic rings. The fourth-order valence-electron chi connectivity index (χ4n) is 4.93. The summed E-state index contributed by atoms with van der Waals surface area (Å²) in [7, 11) is 1.29. The van der Waals surface area contributed by atoms with E-state index in [0.717, 1.165) is 26.8 Å². The molecular weight excluding hydrogens is 547 g/mol. The van der Waals surface area contributed by atoms with Gasteiger partial charge < -0.3 is 14.8 Å². The minimum Gasteiger partial charge on any atom is -0.494 e. The van der Waals surface area contributed by atoms with Gasteiger partial charge in [0.15, 0.2) is 11.6 Å². The number of carbonyl (C=O) groups excluding carboxylic acids is 1. The van der Waals surface area contributed by atoms with Crippen LogP contribution in [0.2, 0.25) is 0 Å². The van der Waals surface area contributed by atoms with Crippen LogP contribution < -0.4 is 21.3 Å². The highest BCUT2D eigenvalue weighted by molar-refractivity contribution is 5.75. The van der Waals surface area contributed by atoms with Gasteiger partial charge in [-0.1, -0.05) is 48.5 Å². The predicted octanol–water partition coefficient (Wildman–Crippen LogP) is 5.16. The van der Waals surface area contributed by atoms with Gasteiger partial charge in [0.1, 0.15) is 17.4 Å². The lowest BCUT2D eigenvalue weighted by Crippen LogP contribution is -2.45. The van der Waals surface area contributed by atoms with Crippen molar-refractivity contribution < 1.29 is 22.7 Å². The number of halogens is 3. The number of hydrogen-bond donors (Lipinski definition) is 1. The van der Waals surface area contributed by atoms with E-state index in [1.54, 1.807) is 0 Å². The van der Waals surface area contributed by atoms with E-state index in [9.17, 15) is 23.2 Å². The number of nitrogens with one attached hydrogen (secondary N) is 1. The number of nitrogens with zero attached hydrogens (tertiary/aromatic N) is 2. The first kappa shape index (κ1) is 30.5. The summed E-state index contributed by atoms with van der Waals surface area (Å²) in [6.45, 7) is 2.67. The van der Waals surface area contributed by atoms with Crippen LogP contribution in [0.25, 0.3) is 11.1 Å². The van der Waals surface area contributed by atoms with Gasteiger partial charge in [-0.05, 0) is 50.6 Å². The molecule has 0 spiro atoms. The molecule has 4 rings (SSSR count). The van der Waals surface area contributed by atoms with Gasteiger partial charge in [0.25, 0.3) is 5.56 Å². The molecule has 1 heterocycles. The third-order valence-corrected chi connectivity index (χ3v) is 7.18. The van der Waals surface area contributed by atoms with Crippen LogP contribution in [0.4, 0.5) is 13.2 Å². The maximum absolute atomic E-state index is 15.5. The molecule has 1 N–H and O–H groups in total. The van der Waals surface area contributed by atoms with Crippen LogP contribution >= 0.6 is 0 Å². The van der Waals surface area contributed by atoms with E-state index in [2.05, 4.69) is 5.32 Å². The van der Waals surface area contributed by atoms with E-state index in [1.165, 1.54) is 45.2 Å². The molecule has 7 nitrogen and oxygen atoms in total. The van der Waals surface area contributed by atoms with Crippen molar-refractivity contribution in [2.45, 2.75) is 45.8 Å². The zero-order valence-electron chi connectivity index (χ0n) is 23.6. The zero-order valence-corrected chi connectivity index (χ0v) is 23.6. The Morgan fingerprint density at radius 2 is 1.60 bits per heavy atom. The molecule has 3 aromatic carbocycles. The summed E-state index contributed by atoms with van der Waals surface area (Å²) >= 11 is 0. The second-order valence-electron chi connectivity index (χ2n) is 9.99. The smallest absolute Gasteiger partial charge is 0.331 e. The van der Waals surface area contributed by atoms with Crippen LogP contribution in [0.3, 0.4) is 0 Å². The maximum Gasteiger partial charge on any atom is 0.331 e. The van der Waals surface area contributed by atoms with Gasteiger partial charge in [-0.15, -0.1) is 0 Å². The second kappa shape index (κ2) is 13.5. The summed E-state index contributed by atoms with van der Waals surface area (Å²) in [5, 5.41) is 3.31.